The normalized spacial score (nSPS) is 11.7. The molecule has 1 aromatic heterocycles. The van der Waals surface area contributed by atoms with Gasteiger partial charge in [0.05, 0.1) is 5.69 Å². The quantitative estimate of drug-likeness (QED) is 0.693. The number of nitrogens with zero attached hydrogens (tertiary/aromatic N) is 1. The van der Waals surface area contributed by atoms with Gasteiger partial charge in [0.15, 0.2) is 12.2 Å². The molecule has 0 saturated heterocycles. The topological polar surface area (TPSA) is 43.1 Å². The van der Waals surface area contributed by atoms with Crippen LogP contribution in [0, 0.1) is 12.3 Å². The summed E-state index contributed by atoms with van der Waals surface area (Å²) in [6, 6.07) is 0. The molecule has 0 saturated carbocycles. The molecule has 0 fully saturated rings. The molecule has 1 heterocycles. The SMILES string of the molecule is CCCC(C)(C)C(=O)c1ocnc1C. The van der Waals surface area contributed by atoms with Crippen molar-refractivity contribution in [3.05, 3.63) is 17.8 Å². The van der Waals surface area contributed by atoms with Gasteiger partial charge < -0.3 is 4.42 Å². The summed E-state index contributed by atoms with van der Waals surface area (Å²) in [4.78, 5) is 15.9. The van der Waals surface area contributed by atoms with Crippen molar-refractivity contribution in [2.45, 2.75) is 40.5 Å². The van der Waals surface area contributed by atoms with Gasteiger partial charge in [0, 0.05) is 5.41 Å². The van der Waals surface area contributed by atoms with Crippen LogP contribution in [-0.2, 0) is 0 Å². The fraction of sp³-hybridized carbons (Fsp3) is 0.636. The molecule has 0 aliphatic heterocycles. The largest absolute Gasteiger partial charge is 0.440 e. The van der Waals surface area contributed by atoms with Crippen molar-refractivity contribution >= 4 is 5.78 Å². The second-order valence-electron chi connectivity index (χ2n) is 4.23. The van der Waals surface area contributed by atoms with E-state index in [1.54, 1.807) is 6.92 Å². The zero-order chi connectivity index (χ0) is 10.8. The van der Waals surface area contributed by atoms with Crippen LogP contribution in [0.15, 0.2) is 10.8 Å². The van der Waals surface area contributed by atoms with Crippen molar-refractivity contribution < 1.29 is 9.21 Å². The first kappa shape index (κ1) is 11.0. The molecule has 0 amide bonds. The van der Waals surface area contributed by atoms with Crippen LogP contribution in [0.25, 0.3) is 0 Å². The lowest BCUT2D eigenvalue weighted by Gasteiger charge is -2.20. The Bertz CT molecular complexity index is 326. The second-order valence-corrected chi connectivity index (χ2v) is 4.23. The van der Waals surface area contributed by atoms with E-state index in [9.17, 15) is 4.79 Å². The van der Waals surface area contributed by atoms with E-state index < -0.39 is 0 Å². The van der Waals surface area contributed by atoms with E-state index >= 15 is 0 Å². The van der Waals surface area contributed by atoms with Crippen LogP contribution < -0.4 is 0 Å². The number of oxazole rings is 1. The molecule has 78 valence electrons. The smallest absolute Gasteiger partial charge is 0.205 e. The first-order chi connectivity index (χ1) is 6.49. The molecule has 0 N–H and O–H groups in total. The van der Waals surface area contributed by atoms with Crippen LogP contribution in [0.4, 0.5) is 0 Å². The maximum absolute atomic E-state index is 12.0. The minimum absolute atomic E-state index is 0.0503. The molecule has 1 rings (SSSR count). The summed E-state index contributed by atoms with van der Waals surface area (Å²) in [6.07, 6.45) is 3.18. The van der Waals surface area contributed by atoms with Crippen LogP contribution >= 0.6 is 0 Å². The van der Waals surface area contributed by atoms with Crippen LogP contribution in [0.5, 0.6) is 0 Å². The minimum Gasteiger partial charge on any atom is -0.440 e. The van der Waals surface area contributed by atoms with Crippen molar-refractivity contribution in [1.82, 2.24) is 4.98 Å². The van der Waals surface area contributed by atoms with Gasteiger partial charge in [-0.25, -0.2) is 4.98 Å². The maximum atomic E-state index is 12.0. The molecule has 1 aromatic rings. The molecular formula is C11H17NO2. The Morgan fingerprint density at radius 3 is 2.64 bits per heavy atom. The van der Waals surface area contributed by atoms with Crippen LogP contribution in [-0.4, -0.2) is 10.8 Å². The van der Waals surface area contributed by atoms with E-state index in [0.717, 1.165) is 12.8 Å². The van der Waals surface area contributed by atoms with Crippen molar-refractivity contribution in [2.75, 3.05) is 0 Å². The van der Waals surface area contributed by atoms with Gasteiger partial charge in [0.2, 0.25) is 5.78 Å². The highest BCUT2D eigenvalue weighted by molar-refractivity contribution is 5.98. The van der Waals surface area contributed by atoms with Gasteiger partial charge in [-0.1, -0.05) is 27.2 Å². The first-order valence-electron chi connectivity index (χ1n) is 4.94. The zero-order valence-electron chi connectivity index (χ0n) is 9.26. The van der Waals surface area contributed by atoms with Crippen molar-refractivity contribution in [3.8, 4) is 0 Å². The average molecular weight is 195 g/mol. The molecule has 0 atom stereocenters. The van der Waals surface area contributed by atoms with Gasteiger partial charge in [-0.15, -0.1) is 0 Å². The number of ketones is 1. The number of carbonyl (C=O) groups is 1. The van der Waals surface area contributed by atoms with Gasteiger partial charge in [0.25, 0.3) is 0 Å². The zero-order valence-corrected chi connectivity index (χ0v) is 9.26. The van der Waals surface area contributed by atoms with E-state index in [0.29, 0.717) is 11.5 Å². The maximum Gasteiger partial charge on any atom is 0.205 e. The van der Waals surface area contributed by atoms with E-state index in [4.69, 9.17) is 4.42 Å². The predicted molar refractivity (Wildman–Crippen MR) is 54.3 cm³/mol. The summed E-state index contributed by atoms with van der Waals surface area (Å²) in [5.74, 6) is 0.456. The fourth-order valence-corrected chi connectivity index (χ4v) is 1.57. The lowest BCUT2D eigenvalue weighted by molar-refractivity contribution is 0.0794. The number of hydrogen-bond acceptors (Lipinski definition) is 3. The predicted octanol–water partition coefficient (Wildman–Crippen LogP) is 2.99. The van der Waals surface area contributed by atoms with Crippen LogP contribution in [0.1, 0.15) is 49.9 Å². The summed E-state index contributed by atoms with van der Waals surface area (Å²) < 4.78 is 5.10. The number of carbonyl (C=O) groups excluding carboxylic acids is 1. The number of aromatic nitrogens is 1. The number of rotatable bonds is 4. The number of hydrogen-bond donors (Lipinski definition) is 0. The van der Waals surface area contributed by atoms with Crippen molar-refractivity contribution in [2.24, 2.45) is 5.41 Å². The summed E-state index contributed by atoms with van der Waals surface area (Å²) >= 11 is 0. The Balaban J connectivity index is 2.90. The number of aryl methyl sites for hydroxylation is 1. The van der Waals surface area contributed by atoms with Crippen LogP contribution in [0.3, 0.4) is 0 Å². The lowest BCUT2D eigenvalue weighted by Crippen LogP contribution is -2.24. The molecule has 14 heavy (non-hydrogen) atoms. The van der Waals surface area contributed by atoms with Crippen LogP contribution in [0.2, 0.25) is 0 Å². The molecule has 3 nitrogen and oxygen atoms in total. The third-order valence-electron chi connectivity index (χ3n) is 2.44. The molecule has 0 bridgehead atoms. The highest BCUT2D eigenvalue weighted by Crippen LogP contribution is 2.28. The second kappa shape index (κ2) is 3.95. The lowest BCUT2D eigenvalue weighted by atomic mass is 9.82. The Labute approximate surface area is 84.5 Å². The summed E-state index contributed by atoms with van der Waals surface area (Å²) in [6.45, 7) is 7.75. The average Bonchev–Trinajstić information content (AvgIpc) is 2.50. The van der Waals surface area contributed by atoms with E-state index in [1.807, 2.05) is 13.8 Å². The summed E-state index contributed by atoms with van der Waals surface area (Å²) in [5.41, 5.74) is 0.332. The summed E-state index contributed by atoms with van der Waals surface area (Å²) in [5, 5.41) is 0. The van der Waals surface area contributed by atoms with Gasteiger partial charge in [0.1, 0.15) is 0 Å². The highest BCUT2D eigenvalue weighted by Gasteiger charge is 2.31. The highest BCUT2D eigenvalue weighted by atomic mass is 16.3. The molecule has 0 spiro atoms. The molecule has 0 aromatic carbocycles. The molecule has 0 radical (unpaired) electrons. The molecular weight excluding hydrogens is 178 g/mol. The molecule has 0 unspecified atom stereocenters. The third-order valence-corrected chi connectivity index (χ3v) is 2.44. The standard InChI is InChI=1S/C11H17NO2/c1-5-6-11(3,4)10(13)9-8(2)12-7-14-9/h7H,5-6H2,1-4H3. The first-order valence-corrected chi connectivity index (χ1v) is 4.94. The Kier molecular flexibility index (Phi) is 3.09. The fourth-order valence-electron chi connectivity index (χ4n) is 1.57. The molecule has 3 heteroatoms. The van der Waals surface area contributed by atoms with Crippen molar-refractivity contribution in [3.63, 3.8) is 0 Å². The van der Waals surface area contributed by atoms with Crippen molar-refractivity contribution in [1.29, 1.82) is 0 Å². The Morgan fingerprint density at radius 1 is 1.57 bits per heavy atom. The molecule has 0 aliphatic carbocycles. The van der Waals surface area contributed by atoms with Gasteiger partial charge in [-0.2, -0.15) is 0 Å². The monoisotopic (exact) mass is 195 g/mol. The van der Waals surface area contributed by atoms with Gasteiger partial charge >= 0.3 is 0 Å². The number of Topliss-reactive ketones (excluding diaryl/α,β-unsaturated/α-hetero) is 1. The molecule has 0 aliphatic rings. The third kappa shape index (κ3) is 2.03. The minimum atomic E-state index is -0.348. The Morgan fingerprint density at radius 2 is 2.21 bits per heavy atom. The van der Waals surface area contributed by atoms with E-state index in [-0.39, 0.29) is 11.2 Å². The Hall–Kier alpha value is -1.12. The summed E-state index contributed by atoms with van der Waals surface area (Å²) in [7, 11) is 0. The van der Waals surface area contributed by atoms with E-state index in [1.165, 1.54) is 6.39 Å². The van der Waals surface area contributed by atoms with E-state index in [2.05, 4.69) is 11.9 Å². The van der Waals surface area contributed by atoms with Gasteiger partial charge in [-0.3, -0.25) is 4.79 Å². The van der Waals surface area contributed by atoms with Gasteiger partial charge in [-0.05, 0) is 13.3 Å².